The van der Waals surface area contributed by atoms with E-state index in [4.69, 9.17) is 20.4 Å². The van der Waals surface area contributed by atoms with Crippen LogP contribution in [0.1, 0.15) is 127 Å². The summed E-state index contributed by atoms with van der Waals surface area (Å²) in [5.41, 5.74) is 10.9. The number of pyridine rings is 1. The minimum Gasteiger partial charge on any atom is -0.251 e. The van der Waals surface area contributed by atoms with Gasteiger partial charge < -0.3 is 0 Å². The molecule has 0 aliphatic carbocycles. The Morgan fingerprint density at radius 3 is 1.16 bits per heavy atom. The van der Waals surface area contributed by atoms with Crippen LogP contribution >= 0.6 is 0 Å². The van der Waals surface area contributed by atoms with E-state index in [2.05, 4.69) is 136 Å². The molecule has 0 aliphatic heterocycles. The molecule has 3 rings (SSSR count). The number of benzene rings is 2. The van der Waals surface area contributed by atoms with Crippen LogP contribution in [0, 0.1) is 11.6 Å². The molecule has 0 amide bonds. The molecule has 0 unspecified atom stereocenters. The zero-order valence-corrected chi connectivity index (χ0v) is 31.3. The fourth-order valence-electron chi connectivity index (χ4n) is 4.74. The smallest absolute Gasteiger partial charge is 0.181 e. The maximum Gasteiger partial charge on any atom is 0.181 e. The minimum absolute atomic E-state index is 0. The van der Waals surface area contributed by atoms with Gasteiger partial charge in [-0.15, -0.1) is 0 Å². The van der Waals surface area contributed by atoms with Crippen LogP contribution < -0.4 is 0 Å². The third-order valence-corrected chi connectivity index (χ3v) is 8.07. The molecule has 0 fully saturated rings. The molecule has 1 aromatic heterocycles. The van der Waals surface area contributed by atoms with E-state index in [1.54, 1.807) is 6.17 Å². The topological polar surface area (TPSA) is 65.8 Å². The normalized spacial score (nSPS) is 12.2. The van der Waals surface area contributed by atoms with Crippen molar-refractivity contribution in [1.82, 2.24) is 4.98 Å². The van der Waals surface area contributed by atoms with Gasteiger partial charge in [-0.3, -0.25) is 9.98 Å². The van der Waals surface area contributed by atoms with Gasteiger partial charge in [0, 0.05) is 31.3 Å². The van der Waals surface area contributed by atoms with E-state index in [0.29, 0.717) is 23.7 Å². The Kier molecular flexibility index (Phi) is 15.5. The van der Waals surface area contributed by atoms with Crippen LogP contribution in [-0.2, 0) is 17.1 Å². The Balaban J connectivity index is 0.00000108. The van der Waals surface area contributed by atoms with E-state index in [9.17, 15) is 0 Å². The number of para-hydroxylation sites is 2. The van der Waals surface area contributed by atoms with Gasteiger partial charge in [0.05, 0.1) is 34.2 Å². The van der Waals surface area contributed by atoms with Gasteiger partial charge in [0.2, 0.25) is 0 Å². The summed E-state index contributed by atoms with van der Waals surface area (Å²) in [5.74, 6) is 1.61. The maximum absolute atomic E-state index is 8.01. The summed E-state index contributed by atoms with van der Waals surface area (Å²) in [6.45, 7) is 28.3. The summed E-state index contributed by atoms with van der Waals surface area (Å²) in [6, 6.07) is 19.2. The first-order chi connectivity index (χ1) is 20.1. The van der Waals surface area contributed by atoms with E-state index < -0.39 is 8.07 Å². The Labute approximate surface area is 279 Å². The summed E-state index contributed by atoms with van der Waals surface area (Å²) < 4.78 is 0. The summed E-state index contributed by atoms with van der Waals surface area (Å²) >= 11 is 0. The molecule has 0 spiro atoms. The molecule has 0 aliphatic rings. The van der Waals surface area contributed by atoms with Crippen molar-refractivity contribution in [1.29, 1.82) is 5.39 Å². The molecule has 0 N–H and O–H groups in total. The quantitative estimate of drug-likeness (QED) is 0.1000. The maximum atomic E-state index is 8.01. The third-order valence-electron chi connectivity index (χ3n) is 7.18. The number of rotatable bonds is 9. The first-order valence-electron chi connectivity index (χ1n) is 15.6. The summed E-state index contributed by atoms with van der Waals surface area (Å²) in [4.78, 5) is 18.2. The molecule has 1 heterocycles. The van der Waals surface area contributed by atoms with Gasteiger partial charge in [-0.2, -0.15) is 0 Å². The van der Waals surface area contributed by atoms with Crippen molar-refractivity contribution in [2.45, 2.75) is 113 Å². The van der Waals surface area contributed by atoms with Crippen molar-refractivity contribution in [3.8, 4) is 0 Å². The number of hydrogen-bond donors (Lipinski definition) is 0. The van der Waals surface area contributed by atoms with E-state index in [-0.39, 0.29) is 17.1 Å². The molecule has 0 atom stereocenters. The van der Waals surface area contributed by atoms with Crippen LogP contribution in [0.4, 0.5) is 11.4 Å². The van der Waals surface area contributed by atoms with Crippen LogP contribution in [0.3, 0.4) is 0 Å². The second-order valence-corrected chi connectivity index (χ2v) is 18.6. The van der Waals surface area contributed by atoms with Gasteiger partial charge in [0.15, 0.2) is 5.39 Å². The monoisotopic (exact) mass is 651 g/mol. The Hall–Kier alpha value is -3.04. The van der Waals surface area contributed by atoms with Crippen molar-refractivity contribution in [3.63, 3.8) is 0 Å². The summed E-state index contributed by atoms with van der Waals surface area (Å²) in [7, 11) is -1.20. The predicted molar refractivity (Wildman–Crippen MR) is 190 cm³/mol. The van der Waals surface area contributed by atoms with Gasteiger partial charge >= 0.3 is 0 Å². The van der Waals surface area contributed by atoms with Crippen LogP contribution in [0.5, 0.6) is 0 Å². The molecular formula is C37H53FeN5Si. The van der Waals surface area contributed by atoms with Crippen LogP contribution in [-0.4, -0.2) is 24.5 Å². The number of diazo groups is 1. The zero-order valence-electron chi connectivity index (χ0n) is 29.2. The van der Waals surface area contributed by atoms with Crippen molar-refractivity contribution in [3.05, 3.63) is 99.4 Å². The van der Waals surface area contributed by atoms with Gasteiger partial charge in [-0.05, 0) is 76.9 Å². The summed E-state index contributed by atoms with van der Waals surface area (Å²) in [6.07, 6.45) is 1.63. The molecule has 7 heteroatoms. The fourth-order valence-corrected chi connectivity index (χ4v) is 5.09. The van der Waals surface area contributed by atoms with Crippen LogP contribution in [0.25, 0.3) is 4.98 Å². The molecule has 0 saturated heterocycles. The molecule has 0 bridgehead atoms. The average Bonchev–Trinajstić information content (AvgIpc) is 2.92. The SMILES string of the molecule is CC(=Nc1c(C(C)C)cccc1C(C)C)c1cccc(C(C)=Nc2c(C(C)C)cccc2C(C)C)n1.C[Si](C)(C)[CH-][N+]#N.[Fe]. The molecule has 3 aromatic rings. The molecule has 238 valence electrons. The fraction of sp³-hybridized carbons (Fsp3) is 0.459. The Bertz CT molecular complexity index is 1330. The van der Waals surface area contributed by atoms with E-state index in [1.165, 1.54) is 22.3 Å². The standard InChI is InChI=1S/C33H43N3.C4H10N2Si.Fe/c1-20(2)26-14-11-15-27(21(3)4)32(26)34-24(9)30-18-13-19-31(36-30)25(10)35-33-28(22(5)6)16-12-17-29(33)23(7)8;1-7(2,3)4-6-5;/h11-23H,1-10H3;4H,1-3H3;. The van der Waals surface area contributed by atoms with Crippen LogP contribution in [0.15, 0.2) is 64.6 Å². The second kappa shape index (κ2) is 17.4. The van der Waals surface area contributed by atoms with Gasteiger partial charge in [0.25, 0.3) is 0 Å². The first kappa shape index (κ1) is 39.0. The molecule has 44 heavy (non-hydrogen) atoms. The number of aromatic nitrogens is 1. The molecule has 2 aromatic carbocycles. The molecular weight excluding hydrogens is 598 g/mol. The Morgan fingerprint density at radius 1 is 0.636 bits per heavy atom. The van der Waals surface area contributed by atoms with Crippen molar-refractivity contribution in [2.75, 3.05) is 0 Å². The second-order valence-electron chi connectivity index (χ2n) is 13.6. The van der Waals surface area contributed by atoms with Gasteiger partial charge in [-0.1, -0.05) is 117 Å². The van der Waals surface area contributed by atoms with Crippen molar-refractivity contribution in [2.24, 2.45) is 9.98 Å². The number of aliphatic imine (C=N–C) groups is 2. The van der Waals surface area contributed by atoms with Gasteiger partial charge in [0.1, 0.15) is 0 Å². The largest absolute Gasteiger partial charge is 0.251 e. The number of hydrogen-bond acceptors (Lipinski definition) is 4. The predicted octanol–water partition coefficient (Wildman–Crippen LogP) is 11.7. The zero-order chi connectivity index (χ0) is 32.5. The van der Waals surface area contributed by atoms with E-state index in [0.717, 1.165) is 34.2 Å². The Morgan fingerprint density at radius 2 is 0.932 bits per heavy atom. The first-order valence-corrected chi connectivity index (χ1v) is 19.2. The van der Waals surface area contributed by atoms with E-state index in [1.807, 2.05) is 12.1 Å². The average molecular weight is 652 g/mol. The van der Waals surface area contributed by atoms with Crippen molar-refractivity contribution < 1.29 is 17.1 Å². The molecule has 0 radical (unpaired) electrons. The third kappa shape index (κ3) is 11.1. The molecule has 5 nitrogen and oxygen atoms in total. The van der Waals surface area contributed by atoms with Crippen molar-refractivity contribution >= 4 is 30.9 Å². The minimum atomic E-state index is -1.20. The van der Waals surface area contributed by atoms with Gasteiger partial charge in [-0.25, -0.2) is 4.98 Å². The summed E-state index contributed by atoms with van der Waals surface area (Å²) in [5, 5.41) is 8.01. The molecule has 0 saturated carbocycles. The number of nitrogens with zero attached hydrogens (tertiary/aromatic N) is 5. The van der Waals surface area contributed by atoms with Crippen LogP contribution in [0.2, 0.25) is 19.6 Å². The van der Waals surface area contributed by atoms with E-state index >= 15 is 0 Å².